The predicted molar refractivity (Wildman–Crippen MR) is 54.2 cm³/mol. The zero-order valence-corrected chi connectivity index (χ0v) is 9.28. The fourth-order valence-corrected chi connectivity index (χ4v) is 1.79. The van der Waals surface area contributed by atoms with E-state index in [1.54, 1.807) is 0 Å². The van der Waals surface area contributed by atoms with E-state index < -0.39 is 5.60 Å². The fourth-order valence-electron chi connectivity index (χ4n) is 1.79. The summed E-state index contributed by atoms with van der Waals surface area (Å²) in [5, 5.41) is 9.98. The zero-order valence-electron chi connectivity index (χ0n) is 9.28. The molecule has 0 unspecified atom stereocenters. The molecule has 0 saturated heterocycles. The number of hydrogen-bond acceptors (Lipinski definition) is 1. The second-order valence-corrected chi connectivity index (χ2v) is 5.34. The lowest BCUT2D eigenvalue weighted by atomic mass is 9.80. The number of aliphatic hydroxyl groups is 1. The van der Waals surface area contributed by atoms with Crippen molar-refractivity contribution in [1.82, 2.24) is 0 Å². The van der Waals surface area contributed by atoms with E-state index in [2.05, 4.69) is 27.7 Å². The van der Waals surface area contributed by atoms with Gasteiger partial charge in [-0.05, 0) is 25.2 Å². The molecule has 1 heteroatoms. The van der Waals surface area contributed by atoms with Crippen LogP contribution in [-0.2, 0) is 0 Å². The van der Waals surface area contributed by atoms with Crippen molar-refractivity contribution in [2.24, 2.45) is 5.41 Å². The first-order valence-electron chi connectivity index (χ1n) is 4.99. The topological polar surface area (TPSA) is 20.2 Å². The molecule has 0 rings (SSSR count). The van der Waals surface area contributed by atoms with E-state index in [0.29, 0.717) is 0 Å². The first kappa shape index (κ1) is 12.0. The van der Waals surface area contributed by atoms with E-state index in [-0.39, 0.29) is 5.41 Å². The molecule has 0 bridgehead atoms. The number of hydrogen-bond donors (Lipinski definition) is 1. The maximum atomic E-state index is 9.98. The first-order valence-corrected chi connectivity index (χ1v) is 4.99. The van der Waals surface area contributed by atoms with E-state index in [1.165, 1.54) is 6.42 Å². The number of rotatable bonds is 4. The Labute approximate surface area is 77.2 Å². The molecule has 0 aliphatic rings. The van der Waals surface area contributed by atoms with Gasteiger partial charge in [0.2, 0.25) is 0 Å². The van der Waals surface area contributed by atoms with Gasteiger partial charge in [0.1, 0.15) is 0 Å². The second kappa shape index (κ2) is 4.27. The van der Waals surface area contributed by atoms with Crippen molar-refractivity contribution in [1.29, 1.82) is 0 Å². The third-order valence-electron chi connectivity index (χ3n) is 1.98. The van der Waals surface area contributed by atoms with Crippen molar-refractivity contribution in [3.05, 3.63) is 0 Å². The highest BCUT2D eigenvalue weighted by molar-refractivity contribution is 4.78. The zero-order chi connectivity index (χ0) is 9.83. The van der Waals surface area contributed by atoms with Crippen LogP contribution >= 0.6 is 0 Å². The molecule has 0 spiro atoms. The van der Waals surface area contributed by atoms with E-state index in [9.17, 15) is 5.11 Å². The Morgan fingerprint density at radius 1 is 1.08 bits per heavy atom. The van der Waals surface area contributed by atoms with Crippen molar-refractivity contribution in [3.8, 4) is 0 Å². The minimum atomic E-state index is -0.464. The van der Waals surface area contributed by atoms with Crippen LogP contribution in [-0.4, -0.2) is 10.7 Å². The Morgan fingerprint density at radius 2 is 1.58 bits per heavy atom. The van der Waals surface area contributed by atoms with Crippen LogP contribution in [0.3, 0.4) is 0 Å². The van der Waals surface area contributed by atoms with Gasteiger partial charge in [-0.3, -0.25) is 0 Å². The average Bonchev–Trinajstić information content (AvgIpc) is 1.78. The van der Waals surface area contributed by atoms with E-state index in [0.717, 1.165) is 19.3 Å². The molecular weight excluding hydrogens is 148 g/mol. The summed E-state index contributed by atoms with van der Waals surface area (Å²) in [5.41, 5.74) is -0.231. The SMILES string of the molecule is CCCC[C@](C)(O)CC(C)(C)C. The van der Waals surface area contributed by atoms with Crippen molar-refractivity contribution >= 4 is 0 Å². The fraction of sp³-hybridized carbons (Fsp3) is 1.00. The van der Waals surface area contributed by atoms with E-state index in [4.69, 9.17) is 0 Å². The molecule has 0 amide bonds. The van der Waals surface area contributed by atoms with Gasteiger partial charge < -0.3 is 5.11 Å². The molecule has 0 aromatic heterocycles. The van der Waals surface area contributed by atoms with Gasteiger partial charge in [-0.15, -0.1) is 0 Å². The molecule has 0 radical (unpaired) electrons. The molecule has 0 aromatic rings. The second-order valence-electron chi connectivity index (χ2n) is 5.34. The Balaban J connectivity index is 3.86. The third kappa shape index (κ3) is 6.66. The Kier molecular flexibility index (Phi) is 4.25. The van der Waals surface area contributed by atoms with Crippen LogP contribution in [0.25, 0.3) is 0 Å². The monoisotopic (exact) mass is 172 g/mol. The minimum Gasteiger partial charge on any atom is -0.390 e. The minimum absolute atomic E-state index is 0.233. The lowest BCUT2D eigenvalue weighted by Crippen LogP contribution is -2.30. The van der Waals surface area contributed by atoms with Gasteiger partial charge >= 0.3 is 0 Å². The summed E-state index contributed by atoms with van der Waals surface area (Å²) in [7, 11) is 0. The van der Waals surface area contributed by atoms with Crippen LogP contribution in [0.4, 0.5) is 0 Å². The standard InChI is InChI=1S/C11H24O/c1-6-7-8-11(5,12)9-10(2,3)4/h12H,6-9H2,1-5H3/t11-/m0/s1. The van der Waals surface area contributed by atoms with Gasteiger partial charge in [0.15, 0.2) is 0 Å². The molecule has 1 atom stereocenters. The molecule has 0 aliphatic heterocycles. The molecule has 0 saturated carbocycles. The Bertz CT molecular complexity index is 119. The van der Waals surface area contributed by atoms with Crippen molar-refractivity contribution in [3.63, 3.8) is 0 Å². The lowest BCUT2D eigenvalue weighted by molar-refractivity contribution is 0.00959. The van der Waals surface area contributed by atoms with Gasteiger partial charge in [-0.1, -0.05) is 40.5 Å². The maximum Gasteiger partial charge on any atom is 0.0624 e. The van der Waals surface area contributed by atoms with Crippen LogP contribution in [0.5, 0.6) is 0 Å². The third-order valence-corrected chi connectivity index (χ3v) is 1.98. The van der Waals surface area contributed by atoms with Gasteiger partial charge in [0, 0.05) is 0 Å². The lowest BCUT2D eigenvalue weighted by Gasteiger charge is -2.31. The highest BCUT2D eigenvalue weighted by Crippen LogP contribution is 2.30. The van der Waals surface area contributed by atoms with Gasteiger partial charge in [0.05, 0.1) is 5.60 Å². The van der Waals surface area contributed by atoms with E-state index >= 15 is 0 Å². The molecule has 0 aliphatic carbocycles. The average molecular weight is 172 g/mol. The molecule has 1 nitrogen and oxygen atoms in total. The molecule has 12 heavy (non-hydrogen) atoms. The molecular formula is C11H24O. The van der Waals surface area contributed by atoms with Crippen LogP contribution in [0, 0.1) is 5.41 Å². The summed E-state index contributed by atoms with van der Waals surface area (Å²) in [6.45, 7) is 10.6. The largest absolute Gasteiger partial charge is 0.390 e. The van der Waals surface area contributed by atoms with Gasteiger partial charge in [0.25, 0.3) is 0 Å². The smallest absolute Gasteiger partial charge is 0.0624 e. The molecule has 74 valence electrons. The summed E-state index contributed by atoms with van der Waals surface area (Å²) in [6.07, 6.45) is 4.12. The normalized spacial score (nSPS) is 17.5. The van der Waals surface area contributed by atoms with Crippen LogP contribution < -0.4 is 0 Å². The summed E-state index contributed by atoms with van der Waals surface area (Å²) in [5.74, 6) is 0. The van der Waals surface area contributed by atoms with Crippen molar-refractivity contribution in [2.45, 2.75) is 65.9 Å². The first-order chi connectivity index (χ1) is 5.27. The quantitative estimate of drug-likeness (QED) is 0.689. The predicted octanol–water partition coefficient (Wildman–Crippen LogP) is 3.36. The summed E-state index contributed by atoms with van der Waals surface area (Å²) in [4.78, 5) is 0. The van der Waals surface area contributed by atoms with Crippen LogP contribution in [0.15, 0.2) is 0 Å². The molecule has 1 N–H and O–H groups in total. The van der Waals surface area contributed by atoms with Gasteiger partial charge in [-0.25, -0.2) is 0 Å². The molecule has 0 fully saturated rings. The van der Waals surface area contributed by atoms with Gasteiger partial charge in [-0.2, -0.15) is 0 Å². The van der Waals surface area contributed by atoms with Crippen molar-refractivity contribution < 1.29 is 5.11 Å². The van der Waals surface area contributed by atoms with E-state index in [1.807, 2.05) is 6.92 Å². The summed E-state index contributed by atoms with van der Waals surface area (Å²) in [6, 6.07) is 0. The molecule has 0 aromatic carbocycles. The Morgan fingerprint density at radius 3 is 1.92 bits per heavy atom. The van der Waals surface area contributed by atoms with Crippen LogP contribution in [0.2, 0.25) is 0 Å². The molecule has 0 heterocycles. The van der Waals surface area contributed by atoms with Crippen molar-refractivity contribution in [2.75, 3.05) is 0 Å². The number of unbranched alkanes of at least 4 members (excludes halogenated alkanes) is 1. The Hall–Kier alpha value is -0.0400. The highest BCUT2D eigenvalue weighted by Gasteiger charge is 2.26. The maximum absolute atomic E-state index is 9.98. The highest BCUT2D eigenvalue weighted by atomic mass is 16.3. The van der Waals surface area contributed by atoms with Crippen LogP contribution in [0.1, 0.15) is 60.3 Å². The summed E-state index contributed by atoms with van der Waals surface area (Å²) < 4.78 is 0. The summed E-state index contributed by atoms with van der Waals surface area (Å²) >= 11 is 0.